The second kappa shape index (κ2) is 6.96. The zero-order valence-electron chi connectivity index (χ0n) is 11.0. The third-order valence-electron chi connectivity index (χ3n) is 3.55. The standard InChI is InChI=1S/C14H21FN2O2/c15-13-3-1-2-12(10-13)14(19)11-17-6-4-16(5-7-17)8-9-18/h1-3,10,14,18-19H,4-9,11H2/t14-/m1/s1. The molecule has 1 aromatic carbocycles. The number of hydrogen-bond donors (Lipinski definition) is 2. The third-order valence-corrected chi connectivity index (χ3v) is 3.55. The normalized spacial score (nSPS) is 19.5. The van der Waals surface area contributed by atoms with Crippen LogP contribution in [0.15, 0.2) is 24.3 Å². The van der Waals surface area contributed by atoms with E-state index in [9.17, 15) is 9.50 Å². The van der Waals surface area contributed by atoms with Gasteiger partial charge in [-0.05, 0) is 17.7 Å². The highest BCUT2D eigenvalue weighted by Gasteiger charge is 2.19. The van der Waals surface area contributed by atoms with Crippen LogP contribution < -0.4 is 0 Å². The lowest BCUT2D eigenvalue weighted by Crippen LogP contribution is -2.48. The average Bonchev–Trinajstić information content (AvgIpc) is 2.41. The molecule has 0 bridgehead atoms. The highest BCUT2D eigenvalue weighted by molar-refractivity contribution is 5.19. The number of piperazine rings is 1. The van der Waals surface area contributed by atoms with E-state index in [1.807, 2.05) is 0 Å². The minimum absolute atomic E-state index is 0.186. The van der Waals surface area contributed by atoms with Crippen molar-refractivity contribution in [3.05, 3.63) is 35.6 Å². The van der Waals surface area contributed by atoms with Crippen LogP contribution in [0.1, 0.15) is 11.7 Å². The van der Waals surface area contributed by atoms with Crippen molar-refractivity contribution in [2.24, 2.45) is 0 Å². The molecule has 0 aliphatic carbocycles. The van der Waals surface area contributed by atoms with Gasteiger partial charge in [-0.3, -0.25) is 9.80 Å². The Kier molecular flexibility index (Phi) is 5.27. The fourth-order valence-corrected chi connectivity index (χ4v) is 2.40. The van der Waals surface area contributed by atoms with Crippen LogP contribution >= 0.6 is 0 Å². The van der Waals surface area contributed by atoms with E-state index in [1.54, 1.807) is 12.1 Å². The molecule has 0 amide bonds. The van der Waals surface area contributed by atoms with Crippen molar-refractivity contribution in [1.29, 1.82) is 0 Å². The Bertz CT molecular complexity index is 395. The summed E-state index contributed by atoms with van der Waals surface area (Å²) in [5, 5.41) is 19.0. The average molecular weight is 268 g/mol. The Labute approximate surface area is 113 Å². The number of hydrogen-bond acceptors (Lipinski definition) is 4. The number of aliphatic hydroxyl groups excluding tert-OH is 2. The second-order valence-electron chi connectivity index (χ2n) is 4.94. The Balaban J connectivity index is 1.82. The van der Waals surface area contributed by atoms with Crippen molar-refractivity contribution < 1.29 is 14.6 Å². The zero-order chi connectivity index (χ0) is 13.7. The maximum absolute atomic E-state index is 13.1. The fraction of sp³-hybridized carbons (Fsp3) is 0.571. The SMILES string of the molecule is OCCN1CCN(C[C@@H](O)c2cccc(F)c2)CC1. The van der Waals surface area contributed by atoms with Crippen molar-refractivity contribution in [1.82, 2.24) is 9.80 Å². The van der Waals surface area contributed by atoms with Crippen molar-refractivity contribution in [3.8, 4) is 0 Å². The van der Waals surface area contributed by atoms with E-state index in [4.69, 9.17) is 5.11 Å². The molecule has 19 heavy (non-hydrogen) atoms. The number of β-amino-alcohol motifs (C(OH)–C–C–N with tert-alkyl or cyclic N) is 2. The second-order valence-corrected chi connectivity index (χ2v) is 4.94. The highest BCUT2D eigenvalue weighted by Crippen LogP contribution is 2.16. The predicted molar refractivity (Wildman–Crippen MR) is 71.3 cm³/mol. The van der Waals surface area contributed by atoms with Crippen LogP contribution in [0.25, 0.3) is 0 Å². The van der Waals surface area contributed by atoms with E-state index in [-0.39, 0.29) is 12.4 Å². The molecule has 0 aromatic heterocycles. The lowest BCUT2D eigenvalue weighted by molar-refractivity contribution is 0.0660. The van der Waals surface area contributed by atoms with Crippen LogP contribution in [0.2, 0.25) is 0 Å². The van der Waals surface area contributed by atoms with Crippen LogP contribution in [-0.4, -0.2) is 65.9 Å². The monoisotopic (exact) mass is 268 g/mol. The fourth-order valence-electron chi connectivity index (χ4n) is 2.40. The van der Waals surface area contributed by atoms with Crippen molar-refractivity contribution in [2.45, 2.75) is 6.10 Å². The van der Waals surface area contributed by atoms with Gasteiger partial charge in [0.15, 0.2) is 0 Å². The number of benzene rings is 1. The van der Waals surface area contributed by atoms with Gasteiger partial charge in [0.05, 0.1) is 12.7 Å². The first-order valence-electron chi connectivity index (χ1n) is 6.68. The summed E-state index contributed by atoms with van der Waals surface area (Å²) in [6.45, 7) is 4.95. The van der Waals surface area contributed by atoms with E-state index in [1.165, 1.54) is 12.1 Å². The lowest BCUT2D eigenvalue weighted by Gasteiger charge is -2.35. The zero-order valence-corrected chi connectivity index (χ0v) is 11.0. The first-order chi connectivity index (χ1) is 9.19. The molecule has 1 aliphatic rings. The highest BCUT2D eigenvalue weighted by atomic mass is 19.1. The van der Waals surface area contributed by atoms with Crippen LogP contribution in [0.5, 0.6) is 0 Å². The minimum Gasteiger partial charge on any atom is -0.395 e. The number of aliphatic hydroxyl groups is 2. The molecule has 2 N–H and O–H groups in total. The molecule has 4 nitrogen and oxygen atoms in total. The van der Waals surface area contributed by atoms with Crippen LogP contribution in [0.3, 0.4) is 0 Å². The molecule has 5 heteroatoms. The summed E-state index contributed by atoms with van der Waals surface area (Å²) < 4.78 is 13.1. The molecule has 0 saturated carbocycles. The van der Waals surface area contributed by atoms with Gasteiger partial charge in [-0.2, -0.15) is 0 Å². The van der Waals surface area contributed by atoms with Gasteiger partial charge in [-0.1, -0.05) is 12.1 Å². The molecule has 1 heterocycles. The minimum atomic E-state index is -0.653. The van der Waals surface area contributed by atoms with Crippen molar-refractivity contribution in [3.63, 3.8) is 0 Å². The topological polar surface area (TPSA) is 46.9 Å². The molecule has 1 aromatic rings. The Morgan fingerprint density at radius 2 is 1.84 bits per heavy atom. The first kappa shape index (κ1) is 14.4. The Morgan fingerprint density at radius 3 is 2.47 bits per heavy atom. The van der Waals surface area contributed by atoms with Gasteiger partial charge in [0.25, 0.3) is 0 Å². The summed E-state index contributed by atoms with van der Waals surface area (Å²) in [5.41, 5.74) is 0.623. The van der Waals surface area contributed by atoms with E-state index in [0.29, 0.717) is 18.7 Å². The molecule has 106 valence electrons. The van der Waals surface area contributed by atoms with E-state index in [2.05, 4.69) is 9.80 Å². The lowest BCUT2D eigenvalue weighted by atomic mass is 10.1. The Morgan fingerprint density at radius 1 is 1.16 bits per heavy atom. The van der Waals surface area contributed by atoms with Crippen LogP contribution in [-0.2, 0) is 0 Å². The van der Waals surface area contributed by atoms with E-state index < -0.39 is 6.10 Å². The van der Waals surface area contributed by atoms with Crippen LogP contribution in [0, 0.1) is 5.82 Å². The largest absolute Gasteiger partial charge is 0.395 e. The maximum atomic E-state index is 13.1. The molecule has 1 atom stereocenters. The van der Waals surface area contributed by atoms with Gasteiger partial charge < -0.3 is 10.2 Å². The van der Waals surface area contributed by atoms with Crippen molar-refractivity contribution in [2.75, 3.05) is 45.9 Å². The molecule has 0 radical (unpaired) electrons. The van der Waals surface area contributed by atoms with Gasteiger partial charge in [0, 0.05) is 39.3 Å². The quantitative estimate of drug-likeness (QED) is 0.815. The number of nitrogens with zero attached hydrogens (tertiary/aromatic N) is 2. The summed E-state index contributed by atoms with van der Waals surface area (Å²) in [4.78, 5) is 4.37. The van der Waals surface area contributed by atoms with Gasteiger partial charge in [0.2, 0.25) is 0 Å². The Hall–Kier alpha value is -1.01. The molecule has 1 saturated heterocycles. The summed E-state index contributed by atoms with van der Waals surface area (Å²) in [5.74, 6) is -0.315. The smallest absolute Gasteiger partial charge is 0.123 e. The first-order valence-corrected chi connectivity index (χ1v) is 6.68. The molecular formula is C14H21FN2O2. The van der Waals surface area contributed by atoms with E-state index in [0.717, 1.165) is 26.2 Å². The maximum Gasteiger partial charge on any atom is 0.123 e. The molecule has 2 rings (SSSR count). The third kappa shape index (κ3) is 4.24. The number of rotatable bonds is 5. The number of halogens is 1. The predicted octanol–water partition coefficient (Wildman–Crippen LogP) is 0.469. The molecule has 0 unspecified atom stereocenters. The molecule has 1 aliphatic heterocycles. The van der Waals surface area contributed by atoms with Gasteiger partial charge in [-0.15, -0.1) is 0 Å². The molecule has 1 fully saturated rings. The summed E-state index contributed by atoms with van der Waals surface area (Å²) in [6.07, 6.45) is -0.653. The molecule has 0 spiro atoms. The van der Waals surface area contributed by atoms with Gasteiger partial charge in [0.1, 0.15) is 5.82 Å². The van der Waals surface area contributed by atoms with Gasteiger partial charge in [-0.25, -0.2) is 4.39 Å². The van der Waals surface area contributed by atoms with Gasteiger partial charge >= 0.3 is 0 Å². The summed E-state index contributed by atoms with van der Waals surface area (Å²) in [6, 6.07) is 6.12. The van der Waals surface area contributed by atoms with E-state index >= 15 is 0 Å². The van der Waals surface area contributed by atoms with Crippen LogP contribution in [0.4, 0.5) is 4.39 Å². The summed E-state index contributed by atoms with van der Waals surface area (Å²) >= 11 is 0. The molecular weight excluding hydrogens is 247 g/mol. The summed E-state index contributed by atoms with van der Waals surface area (Å²) in [7, 11) is 0. The van der Waals surface area contributed by atoms with Crippen molar-refractivity contribution >= 4 is 0 Å².